The van der Waals surface area contributed by atoms with Crippen molar-refractivity contribution in [2.24, 2.45) is 0 Å². The van der Waals surface area contributed by atoms with Crippen molar-refractivity contribution < 1.29 is 0 Å². The molecule has 0 bridgehead atoms. The Morgan fingerprint density at radius 2 is 2.00 bits per heavy atom. The molecule has 0 aliphatic carbocycles. The van der Waals surface area contributed by atoms with Crippen LogP contribution in [0.2, 0.25) is 0 Å². The lowest BCUT2D eigenvalue weighted by Crippen LogP contribution is -1.80. The normalized spacial score (nSPS) is 12.5. The first kappa shape index (κ1) is 9.63. The highest BCUT2D eigenvalue weighted by Gasteiger charge is 1.80. The molecule has 0 aliphatic rings. The Bertz CT molecular complexity index is 21.5. The molecule has 0 aromatic heterocycles. The standard InChI is InChI=1S/C4H10P.H3N/c1-3-4(2)5;/h4H,1,3,5H2,2H3;1H3. The molecule has 0 fully saturated rings. The molecule has 0 rings (SSSR count). The molecule has 2 unspecified atom stereocenters. The summed E-state index contributed by atoms with van der Waals surface area (Å²) in [4.78, 5) is 0. The molecule has 2 heteroatoms. The number of rotatable bonds is 1. The van der Waals surface area contributed by atoms with Crippen molar-refractivity contribution in [3.05, 3.63) is 6.92 Å². The molecule has 0 aliphatic heterocycles. The van der Waals surface area contributed by atoms with Crippen LogP contribution >= 0.6 is 9.24 Å². The van der Waals surface area contributed by atoms with Crippen molar-refractivity contribution in [1.82, 2.24) is 6.15 Å². The van der Waals surface area contributed by atoms with Crippen molar-refractivity contribution in [2.75, 3.05) is 0 Å². The molecule has 0 saturated heterocycles. The highest BCUT2D eigenvalue weighted by atomic mass is 31.0. The van der Waals surface area contributed by atoms with E-state index >= 15 is 0 Å². The first-order valence-corrected chi connectivity index (χ1v) is 2.49. The van der Waals surface area contributed by atoms with Crippen molar-refractivity contribution in [1.29, 1.82) is 0 Å². The van der Waals surface area contributed by atoms with Gasteiger partial charge in [-0.2, -0.15) is 0 Å². The lowest BCUT2D eigenvalue weighted by molar-refractivity contribution is 0.981. The van der Waals surface area contributed by atoms with Gasteiger partial charge in [0.05, 0.1) is 0 Å². The largest absolute Gasteiger partial charge is 0.344 e. The fourth-order valence-electron chi connectivity index (χ4n) is 0. The molecule has 1 nitrogen and oxygen atoms in total. The van der Waals surface area contributed by atoms with Crippen LogP contribution in [-0.2, 0) is 0 Å². The Hall–Kier alpha value is 0.390. The Labute approximate surface area is 42.3 Å². The van der Waals surface area contributed by atoms with E-state index in [9.17, 15) is 0 Å². The summed E-state index contributed by atoms with van der Waals surface area (Å²) in [6.45, 7) is 5.79. The summed E-state index contributed by atoms with van der Waals surface area (Å²) in [5.74, 6) is 0. The number of hydrogen-bond donors (Lipinski definition) is 1. The van der Waals surface area contributed by atoms with Gasteiger partial charge in [-0.05, 0) is 12.1 Å². The molecule has 39 valence electrons. The Morgan fingerprint density at radius 3 is 2.00 bits per heavy atom. The average Bonchev–Trinajstić information content (AvgIpc) is 1.38. The minimum Gasteiger partial charge on any atom is -0.344 e. The van der Waals surface area contributed by atoms with E-state index in [-0.39, 0.29) is 6.15 Å². The first-order chi connectivity index (χ1) is 2.27. The Morgan fingerprint density at radius 1 is 1.83 bits per heavy atom. The van der Waals surface area contributed by atoms with Gasteiger partial charge in [0, 0.05) is 0 Å². The van der Waals surface area contributed by atoms with Crippen LogP contribution in [-0.4, -0.2) is 5.66 Å². The predicted molar refractivity (Wildman–Crippen MR) is 34.2 cm³/mol. The van der Waals surface area contributed by atoms with E-state index in [1.165, 1.54) is 0 Å². The number of hydrogen-bond acceptors (Lipinski definition) is 1. The molecular formula is C4H13NP. The zero-order valence-corrected chi connectivity index (χ0v) is 5.43. The second kappa shape index (κ2) is 5.39. The average molecular weight is 106 g/mol. The van der Waals surface area contributed by atoms with Gasteiger partial charge in [-0.25, -0.2) is 0 Å². The predicted octanol–water partition coefficient (Wildman–Crippen LogP) is 1.64. The summed E-state index contributed by atoms with van der Waals surface area (Å²) in [6.07, 6.45) is 1.02. The smallest absolute Gasteiger partial charge is 0.0293 e. The molecule has 0 spiro atoms. The van der Waals surface area contributed by atoms with Gasteiger partial charge in [-0.3, -0.25) is 0 Å². The van der Waals surface area contributed by atoms with E-state index in [4.69, 9.17) is 0 Å². The van der Waals surface area contributed by atoms with Gasteiger partial charge in [0.1, 0.15) is 0 Å². The Kier molecular flexibility index (Phi) is 8.65. The van der Waals surface area contributed by atoms with E-state index in [1.54, 1.807) is 0 Å². The third-order valence-corrected chi connectivity index (χ3v) is 0.789. The van der Waals surface area contributed by atoms with Gasteiger partial charge in [0.25, 0.3) is 0 Å². The highest BCUT2D eigenvalue weighted by molar-refractivity contribution is 7.17. The van der Waals surface area contributed by atoms with Crippen LogP contribution in [0.3, 0.4) is 0 Å². The van der Waals surface area contributed by atoms with Gasteiger partial charge in [0.2, 0.25) is 0 Å². The van der Waals surface area contributed by atoms with Crippen LogP contribution in [0.25, 0.3) is 0 Å². The fourth-order valence-corrected chi connectivity index (χ4v) is 0. The maximum absolute atomic E-state index is 3.66. The molecule has 2 atom stereocenters. The molecule has 3 N–H and O–H groups in total. The van der Waals surface area contributed by atoms with Crippen LogP contribution in [0.15, 0.2) is 0 Å². The van der Waals surface area contributed by atoms with Gasteiger partial charge in [0.15, 0.2) is 0 Å². The fraction of sp³-hybridized carbons (Fsp3) is 0.750. The first-order valence-electron chi connectivity index (χ1n) is 1.82. The van der Waals surface area contributed by atoms with Gasteiger partial charge in [-0.15, -0.1) is 9.24 Å². The van der Waals surface area contributed by atoms with Crippen LogP contribution in [0.4, 0.5) is 0 Å². The van der Waals surface area contributed by atoms with Crippen LogP contribution in [0.1, 0.15) is 13.3 Å². The quantitative estimate of drug-likeness (QED) is 0.506. The molecule has 0 saturated carbocycles. The van der Waals surface area contributed by atoms with Crippen molar-refractivity contribution in [3.8, 4) is 0 Å². The SMILES string of the molecule is N.[CH2]CC(C)P. The molecule has 0 amide bonds. The molecule has 0 aromatic carbocycles. The summed E-state index contributed by atoms with van der Waals surface area (Å²) in [6, 6.07) is 0. The molecule has 0 aromatic rings. The van der Waals surface area contributed by atoms with Crippen LogP contribution in [0, 0.1) is 6.92 Å². The summed E-state index contributed by atoms with van der Waals surface area (Å²) in [5, 5.41) is 0. The summed E-state index contributed by atoms with van der Waals surface area (Å²) in [7, 11) is 2.67. The topological polar surface area (TPSA) is 35.0 Å². The summed E-state index contributed by atoms with van der Waals surface area (Å²) >= 11 is 0. The Balaban J connectivity index is 0. The van der Waals surface area contributed by atoms with Crippen molar-refractivity contribution >= 4 is 9.24 Å². The second-order valence-electron chi connectivity index (χ2n) is 1.27. The molecule has 1 radical (unpaired) electrons. The van der Waals surface area contributed by atoms with Gasteiger partial charge >= 0.3 is 0 Å². The third-order valence-electron chi connectivity index (χ3n) is 0.455. The monoisotopic (exact) mass is 106 g/mol. The summed E-state index contributed by atoms with van der Waals surface area (Å²) in [5.41, 5.74) is 0.690. The van der Waals surface area contributed by atoms with Crippen LogP contribution < -0.4 is 6.15 Å². The van der Waals surface area contributed by atoms with E-state index in [0.29, 0.717) is 5.66 Å². The summed E-state index contributed by atoms with van der Waals surface area (Å²) < 4.78 is 0. The minimum absolute atomic E-state index is 0. The van der Waals surface area contributed by atoms with Crippen molar-refractivity contribution in [2.45, 2.75) is 19.0 Å². The minimum atomic E-state index is 0. The molecule has 6 heavy (non-hydrogen) atoms. The lowest BCUT2D eigenvalue weighted by Gasteiger charge is -1.90. The van der Waals surface area contributed by atoms with Gasteiger partial charge < -0.3 is 6.15 Å². The second-order valence-corrected chi connectivity index (χ2v) is 2.40. The zero-order chi connectivity index (χ0) is 4.28. The van der Waals surface area contributed by atoms with E-state index in [0.717, 1.165) is 6.42 Å². The van der Waals surface area contributed by atoms with E-state index < -0.39 is 0 Å². The zero-order valence-electron chi connectivity index (χ0n) is 4.28. The van der Waals surface area contributed by atoms with Crippen LogP contribution in [0.5, 0.6) is 0 Å². The maximum atomic E-state index is 3.66. The molecule has 0 heterocycles. The molecular weight excluding hydrogens is 93.0 g/mol. The third kappa shape index (κ3) is 8.83. The maximum Gasteiger partial charge on any atom is -0.0293 e. The highest BCUT2D eigenvalue weighted by Crippen LogP contribution is 1.99. The van der Waals surface area contributed by atoms with Gasteiger partial charge in [-0.1, -0.05) is 13.8 Å². The lowest BCUT2D eigenvalue weighted by atomic mass is 10.4. The van der Waals surface area contributed by atoms with E-state index in [1.807, 2.05) is 0 Å². The van der Waals surface area contributed by atoms with E-state index in [2.05, 4.69) is 23.1 Å². The van der Waals surface area contributed by atoms with Crippen molar-refractivity contribution in [3.63, 3.8) is 0 Å².